The van der Waals surface area contributed by atoms with Crippen LogP contribution in [0.25, 0.3) is 0 Å². The molecular formula is C10H15ClN2O2S. The zero-order valence-corrected chi connectivity index (χ0v) is 10.9. The Labute approximate surface area is 102 Å². The second-order valence-electron chi connectivity index (χ2n) is 3.78. The molecule has 0 unspecified atom stereocenters. The third-order valence-corrected chi connectivity index (χ3v) is 4.38. The molecule has 0 radical (unpaired) electrons. The lowest BCUT2D eigenvalue weighted by atomic mass is 10.2. The fourth-order valence-electron chi connectivity index (χ4n) is 1.65. The summed E-state index contributed by atoms with van der Waals surface area (Å²) in [6, 6.07) is 5.23. The van der Waals surface area contributed by atoms with Gasteiger partial charge in [-0.2, -0.15) is 0 Å². The van der Waals surface area contributed by atoms with Gasteiger partial charge in [-0.25, -0.2) is 12.7 Å². The van der Waals surface area contributed by atoms with E-state index in [0.717, 1.165) is 24.2 Å². The first-order valence-electron chi connectivity index (χ1n) is 4.81. The highest BCUT2D eigenvalue weighted by Gasteiger charge is 2.19. The van der Waals surface area contributed by atoms with Crippen molar-refractivity contribution in [3.05, 3.63) is 23.8 Å². The maximum absolute atomic E-state index is 11.8. The van der Waals surface area contributed by atoms with E-state index in [1.165, 1.54) is 4.31 Å². The lowest BCUT2D eigenvalue weighted by Gasteiger charge is -2.12. The molecule has 90 valence electrons. The first-order chi connectivity index (χ1) is 7.01. The van der Waals surface area contributed by atoms with Crippen LogP contribution in [0.5, 0.6) is 0 Å². The van der Waals surface area contributed by atoms with E-state index in [1.807, 2.05) is 6.07 Å². The number of fused-ring (bicyclic) bond motifs is 1. The summed E-state index contributed by atoms with van der Waals surface area (Å²) >= 11 is 0. The average Bonchev–Trinajstić information content (AvgIpc) is 2.63. The van der Waals surface area contributed by atoms with Crippen molar-refractivity contribution in [2.75, 3.05) is 26.0 Å². The number of hydrogen-bond donors (Lipinski definition) is 1. The average molecular weight is 263 g/mol. The lowest BCUT2D eigenvalue weighted by Crippen LogP contribution is -2.22. The molecule has 0 bridgehead atoms. The number of nitrogens with one attached hydrogen (secondary N) is 1. The second-order valence-corrected chi connectivity index (χ2v) is 5.93. The van der Waals surface area contributed by atoms with Crippen LogP contribution in [0.15, 0.2) is 23.1 Å². The molecule has 0 fully saturated rings. The normalized spacial score (nSPS) is 14.2. The van der Waals surface area contributed by atoms with Gasteiger partial charge in [0.2, 0.25) is 10.0 Å². The molecule has 0 spiro atoms. The fourth-order valence-corrected chi connectivity index (χ4v) is 2.61. The summed E-state index contributed by atoms with van der Waals surface area (Å²) in [6.45, 7) is 0.890. The minimum Gasteiger partial charge on any atom is -0.384 e. The standard InChI is InChI=1S/C10H14N2O2S.ClH/c1-12(2)15(13,14)9-3-4-10-8(7-9)5-6-11-10;/h3-4,7,11H,5-6H2,1-2H3;1H. The number of anilines is 1. The Morgan fingerprint density at radius 2 is 2.00 bits per heavy atom. The van der Waals surface area contributed by atoms with Crippen LogP contribution < -0.4 is 5.32 Å². The van der Waals surface area contributed by atoms with E-state index in [1.54, 1.807) is 26.2 Å². The molecule has 0 atom stereocenters. The van der Waals surface area contributed by atoms with Gasteiger partial charge in [0.15, 0.2) is 0 Å². The highest BCUT2D eigenvalue weighted by molar-refractivity contribution is 7.89. The molecule has 16 heavy (non-hydrogen) atoms. The summed E-state index contributed by atoms with van der Waals surface area (Å²) in [5.74, 6) is 0. The number of halogens is 1. The number of benzene rings is 1. The number of rotatable bonds is 2. The first kappa shape index (κ1) is 13.3. The quantitative estimate of drug-likeness (QED) is 0.875. The Morgan fingerprint density at radius 3 is 2.62 bits per heavy atom. The van der Waals surface area contributed by atoms with Gasteiger partial charge in [-0.1, -0.05) is 0 Å². The largest absolute Gasteiger partial charge is 0.384 e. The van der Waals surface area contributed by atoms with E-state index in [-0.39, 0.29) is 12.4 Å². The van der Waals surface area contributed by atoms with E-state index in [4.69, 9.17) is 0 Å². The Kier molecular flexibility index (Phi) is 3.83. The highest BCUT2D eigenvalue weighted by atomic mass is 35.5. The van der Waals surface area contributed by atoms with Crippen molar-refractivity contribution in [1.82, 2.24) is 4.31 Å². The number of hydrogen-bond acceptors (Lipinski definition) is 3. The van der Waals surface area contributed by atoms with Crippen molar-refractivity contribution in [2.45, 2.75) is 11.3 Å². The van der Waals surface area contributed by atoms with Crippen molar-refractivity contribution in [2.24, 2.45) is 0 Å². The molecule has 6 heteroatoms. The third kappa shape index (κ3) is 2.16. The molecule has 1 heterocycles. The SMILES string of the molecule is CN(C)S(=O)(=O)c1ccc2c(c1)CCN2.Cl. The van der Waals surface area contributed by atoms with Gasteiger partial charge in [-0.3, -0.25) is 0 Å². The van der Waals surface area contributed by atoms with Gasteiger partial charge in [0.1, 0.15) is 0 Å². The van der Waals surface area contributed by atoms with Crippen LogP contribution in [0.4, 0.5) is 5.69 Å². The summed E-state index contributed by atoms with van der Waals surface area (Å²) in [5.41, 5.74) is 2.13. The predicted octanol–water partition coefficient (Wildman–Crippen LogP) is 1.33. The third-order valence-electron chi connectivity index (χ3n) is 2.57. The van der Waals surface area contributed by atoms with E-state index >= 15 is 0 Å². The zero-order chi connectivity index (χ0) is 11.1. The molecule has 4 nitrogen and oxygen atoms in total. The molecular weight excluding hydrogens is 248 g/mol. The molecule has 2 rings (SSSR count). The van der Waals surface area contributed by atoms with E-state index in [2.05, 4.69) is 5.32 Å². The van der Waals surface area contributed by atoms with E-state index in [9.17, 15) is 8.42 Å². The predicted molar refractivity (Wildman–Crippen MR) is 66.8 cm³/mol. The minimum absolute atomic E-state index is 0. The maximum atomic E-state index is 11.8. The molecule has 0 saturated carbocycles. The van der Waals surface area contributed by atoms with Crippen molar-refractivity contribution < 1.29 is 8.42 Å². The van der Waals surface area contributed by atoms with Gasteiger partial charge in [0.05, 0.1) is 4.90 Å². The van der Waals surface area contributed by atoms with Crippen LogP contribution in [-0.2, 0) is 16.4 Å². The molecule has 1 aromatic rings. The molecule has 0 saturated heterocycles. The van der Waals surface area contributed by atoms with Crippen molar-refractivity contribution in [3.8, 4) is 0 Å². The van der Waals surface area contributed by atoms with Crippen molar-refractivity contribution in [3.63, 3.8) is 0 Å². The Balaban J connectivity index is 0.00000128. The van der Waals surface area contributed by atoms with Crippen LogP contribution in [-0.4, -0.2) is 33.4 Å². The Morgan fingerprint density at radius 1 is 1.31 bits per heavy atom. The monoisotopic (exact) mass is 262 g/mol. The van der Waals surface area contributed by atoms with Crippen LogP contribution in [0.3, 0.4) is 0 Å². The Bertz CT molecular complexity index is 486. The van der Waals surface area contributed by atoms with Crippen LogP contribution in [0.1, 0.15) is 5.56 Å². The lowest BCUT2D eigenvalue weighted by molar-refractivity contribution is 0.520. The van der Waals surface area contributed by atoms with E-state index < -0.39 is 10.0 Å². The van der Waals surface area contributed by atoms with Gasteiger partial charge >= 0.3 is 0 Å². The summed E-state index contributed by atoms with van der Waals surface area (Å²) in [4.78, 5) is 0.370. The van der Waals surface area contributed by atoms with Crippen LogP contribution in [0, 0.1) is 0 Å². The van der Waals surface area contributed by atoms with Crippen LogP contribution in [0.2, 0.25) is 0 Å². The van der Waals surface area contributed by atoms with Gasteiger partial charge in [-0.15, -0.1) is 12.4 Å². The van der Waals surface area contributed by atoms with Gasteiger partial charge in [-0.05, 0) is 30.2 Å². The molecule has 1 aliphatic heterocycles. The topological polar surface area (TPSA) is 49.4 Å². The van der Waals surface area contributed by atoms with Gasteiger partial charge in [0, 0.05) is 26.3 Å². The van der Waals surface area contributed by atoms with Crippen molar-refractivity contribution in [1.29, 1.82) is 0 Å². The number of nitrogens with zero attached hydrogens (tertiary/aromatic N) is 1. The maximum Gasteiger partial charge on any atom is 0.242 e. The van der Waals surface area contributed by atoms with Crippen molar-refractivity contribution >= 4 is 28.1 Å². The fraction of sp³-hybridized carbons (Fsp3) is 0.400. The van der Waals surface area contributed by atoms with Crippen LogP contribution >= 0.6 is 12.4 Å². The molecule has 0 aliphatic carbocycles. The smallest absolute Gasteiger partial charge is 0.242 e. The van der Waals surface area contributed by atoms with Gasteiger partial charge < -0.3 is 5.32 Å². The Hall–Kier alpha value is -0.780. The second kappa shape index (κ2) is 4.61. The molecule has 1 aromatic carbocycles. The summed E-state index contributed by atoms with van der Waals surface area (Å²) in [5, 5.41) is 3.20. The van der Waals surface area contributed by atoms with Gasteiger partial charge in [0.25, 0.3) is 0 Å². The molecule has 0 aromatic heterocycles. The molecule has 0 amide bonds. The molecule has 1 aliphatic rings. The zero-order valence-electron chi connectivity index (χ0n) is 9.23. The molecule has 1 N–H and O–H groups in total. The highest BCUT2D eigenvalue weighted by Crippen LogP contribution is 2.25. The summed E-state index contributed by atoms with van der Waals surface area (Å²) < 4.78 is 24.9. The van der Waals surface area contributed by atoms with E-state index in [0.29, 0.717) is 4.90 Å². The summed E-state index contributed by atoms with van der Waals surface area (Å²) in [7, 11) is -0.208. The summed E-state index contributed by atoms with van der Waals surface area (Å²) in [6.07, 6.45) is 0.895. The number of sulfonamides is 1. The minimum atomic E-state index is -3.29. The first-order valence-corrected chi connectivity index (χ1v) is 6.25.